The van der Waals surface area contributed by atoms with Crippen molar-refractivity contribution in [2.24, 2.45) is 0 Å². The second-order valence-corrected chi connectivity index (χ2v) is 8.55. The summed E-state index contributed by atoms with van der Waals surface area (Å²) < 4.78 is 13.1. The molecule has 4 rings (SSSR count). The molecule has 0 aliphatic carbocycles. The molecule has 2 aromatic rings. The Morgan fingerprint density at radius 1 is 1.03 bits per heavy atom. The predicted octanol–water partition coefficient (Wildman–Crippen LogP) is 2.77. The van der Waals surface area contributed by atoms with Gasteiger partial charge in [0.1, 0.15) is 5.82 Å². The van der Waals surface area contributed by atoms with E-state index in [1.165, 1.54) is 12.1 Å². The lowest BCUT2D eigenvalue weighted by Gasteiger charge is -2.26. The topological polar surface area (TPSA) is 43.9 Å². The van der Waals surface area contributed by atoms with E-state index in [9.17, 15) is 14.0 Å². The van der Waals surface area contributed by atoms with Crippen LogP contribution >= 0.6 is 11.3 Å². The number of amides is 2. The minimum atomic E-state index is -0.262. The maximum atomic E-state index is 13.1. The number of benzene rings is 1. The highest BCUT2D eigenvalue weighted by atomic mass is 32.1. The van der Waals surface area contributed by atoms with Crippen LogP contribution in [0.4, 0.5) is 4.39 Å². The van der Waals surface area contributed by atoms with Gasteiger partial charge in [-0.25, -0.2) is 4.39 Å². The fraction of sp³-hybridized carbons (Fsp3) is 0.455. The minimum absolute atomic E-state index is 0.109. The van der Waals surface area contributed by atoms with Crippen LogP contribution in [0.5, 0.6) is 0 Å². The van der Waals surface area contributed by atoms with Gasteiger partial charge in [-0.05, 0) is 52.9 Å². The van der Waals surface area contributed by atoms with Gasteiger partial charge < -0.3 is 9.80 Å². The van der Waals surface area contributed by atoms with E-state index >= 15 is 0 Å². The van der Waals surface area contributed by atoms with Gasteiger partial charge in [0, 0.05) is 39.3 Å². The van der Waals surface area contributed by atoms with Gasteiger partial charge in [-0.2, -0.15) is 11.3 Å². The molecule has 0 bridgehead atoms. The van der Waals surface area contributed by atoms with Crippen LogP contribution in [-0.2, 0) is 22.6 Å². The fourth-order valence-corrected chi connectivity index (χ4v) is 4.88. The number of likely N-dealkylation sites (tertiary alicyclic amines) is 1. The summed E-state index contributed by atoms with van der Waals surface area (Å²) in [6, 6.07) is 8.23. The van der Waals surface area contributed by atoms with Crippen LogP contribution in [0.1, 0.15) is 24.0 Å². The molecule has 2 saturated heterocycles. The lowest BCUT2D eigenvalue weighted by molar-refractivity contribution is -0.132. The van der Waals surface area contributed by atoms with E-state index < -0.39 is 0 Å². The van der Waals surface area contributed by atoms with Gasteiger partial charge in [0.15, 0.2) is 0 Å². The van der Waals surface area contributed by atoms with Crippen LogP contribution < -0.4 is 0 Å². The van der Waals surface area contributed by atoms with Crippen LogP contribution in [0.2, 0.25) is 0 Å². The van der Waals surface area contributed by atoms with Crippen LogP contribution in [0.3, 0.4) is 0 Å². The van der Waals surface area contributed by atoms with E-state index in [4.69, 9.17) is 0 Å². The van der Waals surface area contributed by atoms with Gasteiger partial charge in [-0.15, -0.1) is 0 Å². The minimum Gasteiger partial charge on any atom is -0.341 e. The number of hydrogen-bond donors (Lipinski definition) is 0. The standard InChI is InChI=1S/C22H26FN3O2S/c23-19-4-2-17(3-5-19)15-26-10-6-20(22(26)28)24-8-1-9-25(12-11-24)21(27)14-18-7-13-29-16-18/h2-5,7,13,16,20H,1,6,8-12,14-15H2/t20-/m1/s1. The van der Waals surface area contributed by atoms with Crippen LogP contribution in [0, 0.1) is 5.82 Å². The fourth-order valence-electron chi connectivity index (χ4n) is 4.21. The molecule has 7 heteroatoms. The maximum absolute atomic E-state index is 13.1. The van der Waals surface area contributed by atoms with Crippen molar-refractivity contribution >= 4 is 23.2 Å². The molecule has 0 radical (unpaired) electrons. The van der Waals surface area contributed by atoms with Gasteiger partial charge in [-0.1, -0.05) is 12.1 Å². The summed E-state index contributed by atoms with van der Waals surface area (Å²) in [6.45, 7) is 4.23. The molecule has 3 heterocycles. The largest absolute Gasteiger partial charge is 0.341 e. The zero-order valence-corrected chi connectivity index (χ0v) is 17.2. The third-order valence-electron chi connectivity index (χ3n) is 5.82. The second-order valence-electron chi connectivity index (χ2n) is 7.77. The summed E-state index contributed by atoms with van der Waals surface area (Å²) in [6.07, 6.45) is 2.15. The first kappa shape index (κ1) is 20.0. The Bertz CT molecular complexity index is 840. The van der Waals surface area contributed by atoms with Crippen molar-refractivity contribution in [1.29, 1.82) is 0 Å². The molecule has 1 atom stereocenters. The van der Waals surface area contributed by atoms with E-state index in [-0.39, 0.29) is 23.7 Å². The van der Waals surface area contributed by atoms with Gasteiger partial charge in [0.2, 0.25) is 11.8 Å². The summed E-state index contributed by atoms with van der Waals surface area (Å²) in [5.41, 5.74) is 2.02. The zero-order valence-electron chi connectivity index (χ0n) is 16.4. The third kappa shape index (κ3) is 4.85. The average molecular weight is 416 g/mol. The number of thiophene rings is 1. The molecule has 5 nitrogen and oxygen atoms in total. The molecule has 0 N–H and O–H groups in total. The molecule has 2 fully saturated rings. The number of nitrogens with zero attached hydrogens (tertiary/aromatic N) is 3. The van der Waals surface area contributed by atoms with E-state index in [2.05, 4.69) is 4.90 Å². The molecule has 0 unspecified atom stereocenters. The zero-order chi connectivity index (χ0) is 20.2. The van der Waals surface area contributed by atoms with Crippen molar-refractivity contribution in [2.45, 2.75) is 31.8 Å². The van der Waals surface area contributed by atoms with E-state index in [1.54, 1.807) is 23.5 Å². The van der Waals surface area contributed by atoms with Crippen molar-refractivity contribution in [3.8, 4) is 0 Å². The molecule has 2 aliphatic rings. The number of halogens is 1. The Hall–Kier alpha value is -2.25. The Morgan fingerprint density at radius 2 is 1.86 bits per heavy atom. The Labute approximate surface area is 174 Å². The summed E-state index contributed by atoms with van der Waals surface area (Å²) >= 11 is 1.61. The Kier molecular flexibility index (Phi) is 6.25. The maximum Gasteiger partial charge on any atom is 0.240 e. The van der Waals surface area contributed by atoms with Crippen LogP contribution in [0.15, 0.2) is 41.1 Å². The van der Waals surface area contributed by atoms with Crippen molar-refractivity contribution in [2.75, 3.05) is 32.7 Å². The number of rotatable bonds is 5. The first-order valence-electron chi connectivity index (χ1n) is 10.2. The first-order chi connectivity index (χ1) is 14.1. The van der Waals surface area contributed by atoms with Crippen molar-refractivity contribution in [3.05, 3.63) is 58.0 Å². The Balaban J connectivity index is 1.31. The molecule has 29 heavy (non-hydrogen) atoms. The summed E-state index contributed by atoms with van der Waals surface area (Å²) in [7, 11) is 0. The molecule has 2 amide bonds. The van der Waals surface area contributed by atoms with Gasteiger partial charge >= 0.3 is 0 Å². The van der Waals surface area contributed by atoms with Gasteiger partial charge in [0.05, 0.1) is 12.5 Å². The molecule has 0 spiro atoms. The number of carbonyl (C=O) groups excluding carboxylic acids is 2. The number of hydrogen-bond acceptors (Lipinski definition) is 4. The van der Waals surface area contributed by atoms with Gasteiger partial charge in [0.25, 0.3) is 0 Å². The smallest absolute Gasteiger partial charge is 0.240 e. The van der Waals surface area contributed by atoms with Crippen molar-refractivity contribution in [3.63, 3.8) is 0 Å². The van der Waals surface area contributed by atoms with Gasteiger partial charge in [-0.3, -0.25) is 14.5 Å². The first-order valence-corrected chi connectivity index (χ1v) is 11.1. The van der Waals surface area contributed by atoms with E-state index in [1.807, 2.05) is 26.6 Å². The highest BCUT2D eigenvalue weighted by Gasteiger charge is 2.36. The Morgan fingerprint density at radius 3 is 2.62 bits per heavy atom. The summed E-state index contributed by atoms with van der Waals surface area (Å²) in [4.78, 5) is 31.6. The molecular formula is C22H26FN3O2S. The molecule has 2 aliphatic heterocycles. The monoisotopic (exact) mass is 415 g/mol. The second kappa shape index (κ2) is 9.05. The van der Waals surface area contributed by atoms with Crippen LogP contribution in [-0.4, -0.2) is 65.3 Å². The molecular weight excluding hydrogens is 389 g/mol. The predicted molar refractivity (Wildman–Crippen MR) is 111 cm³/mol. The van der Waals surface area contributed by atoms with E-state index in [0.717, 1.165) is 50.1 Å². The van der Waals surface area contributed by atoms with Crippen molar-refractivity contribution in [1.82, 2.24) is 14.7 Å². The number of carbonyl (C=O) groups is 2. The highest BCUT2D eigenvalue weighted by Crippen LogP contribution is 2.21. The van der Waals surface area contributed by atoms with Crippen molar-refractivity contribution < 1.29 is 14.0 Å². The highest BCUT2D eigenvalue weighted by molar-refractivity contribution is 7.08. The average Bonchev–Trinajstić information content (AvgIpc) is 3.27. The summed E-state index contributed by atoms with van der Waals surface area (Å²) in [5, 5.41) is 4.02. The third-order valence-corrected chi connectivity index (χ3v) is 6.55. The van der Waals surface area contributed by atoms with E-state index in [0.29, 0.717) is 19.5 Å². The SMILES string of the molecule is O=C(Cc1ccsc1)N1CCCN([C@@H]2CCN(Cc3ccc(F)cc3)C2=O)CC1. The molecule has 154 valence electrons. The normalized spacial score (nSPS) is 20.9. The lowest BCUT2D eigenvalue weighted by Crippen LogP contribution is -2.44. The van der Waals surface area contributed by atoms with Crippen LogP contribution in [0.25, 0.3) is 0 Å². The molecule has 1 aromatic heterocycles. The molecule has 0 saturated carbocycles. The summed E-state index contributed by atoms with van der Waals surface area (Å²) in [5.74, 6) is 0.0513. The quantitative estimate of drug-likeness (QED) is 0.754. The lowest BCUT2D eigenvalue weighted by atomic mass is 10.2. The molecule has 1 aromatic carbocycles.